The Morgan fingerprint density at radius 1 is 1.13 bits per heavy atom. The van der Waals surface area contributed by atoms with Gasteiger partial charge in [0.1, 0.15) is 0 Å². The van der Waals surface area contributed by atoms with Crippen LogP contribution in [-0.2, 0) is 0 Å². The zero-order valence-electron chi connectivity index (χ0n) is 9.35. The normalized spacial score (nSPS) is 10.7. The summed E-state index contributed by atoms with van der Waals surface area (Å²) in [5.74, 6) is 0. The molecule has 0 heterocycles. The summed E-state index contributed by atoms with van der Waals surface area (Å²) < 4.78 is 0. The van der Waals surface area contributed by atoms with Gasteiger partial charge >= 0.3 is 23.1 Å². The molecule has 0 aliphatic carbocycles. The van der Waals surface area contributed by atoms with Gasteiger partial charge in [0.25, 0.3) is 0 Å². The van der Waals surface area contributed by atoms with Crippen molar-refractivity contribution in [3.63, 3.8) is 0 Å². The quantitative estimate of drug-likeness (QED) is 0.552. The van der Waals surface area contributed by atoms with Crippen molar-refractivity contribution < 1.29 is 17.0 Å². The Kier molecular flexibility index (Phi) is 9.53. The topological polar surface area (TPSA) is 0 Å². The van der Waals surface area contributed by atoms with E-state index >= 15 is 0 Å². The second-order valence-electron chi connectivity index (χ2n) is 4.16. The first-order valence-electron chi connectivity index (χ1n) is 4.34. The third kappa shape index (κ3) is 8.51. The van der Waals surface area contributed by atoms with E-state index in [2.05, 4.69) is 31.4 Å². The molecule has 1 rings (SSSR count). The molecular weight excluding hydrogens is 300 g/mol. The van der Waals surface area contributed by atoms with Gasteiger partial charge in [-0.25, -0.2) is 0 Å². The summed E-state index contributed by atoms with van der Waals surface area (Å²) in [5, 5.41) is 0.776. The van der Waals surface area contributed by atoms with Gasteiger partial charge in [-0.1, -0.05) is 43.4 Å². The standard InChI is InChI=1S/C11H14ClSi.BrH.Mg/c1-13(2,3)9-8-10-4-6-11(12)7-5-10;;/h4-7,9H,1-3H3;1H;/q-1;;+2/p-1. The monoisotopic (exact) mass is 312 g/mol. The molecular formula is C11H14BrClMgSi. The van der Waals surface area contributed by atoms with Crippen LogP contribution in [0, 0.1) is 6.08 Å². The van der Waals surface area contributed by atoms with Gasteiger partial charge in [0.05, 0.1) is 8.07 Å². The van der Waals surface area contributed by atoms with E-state index in [1.54, 1.807) is 0 Å². The molecule has 0 amide bonds. The van der Waals surface area contributed by atoms with E-state index in [1.807, 2.05) is 24.3 Å². The van der Waals surface area contributed by atoms with E-state index in [9.17, 15) is 0 Å². The molecule has 0 aliphatic heterocycles. The molecule has 1 aromatic carbocycles. The van der Waals surface area contributed by atoms with Crippen LogP contribution in [0.5, 0.6) is 0 Å². The molecule has 0 radical (unpaired) electrons. The van der Waals surface area contributed by atoms with Crippen molar-refractivity contribution in [2.45, 2.75) is 19.6 Å². The van der Waals surface area contributed by atoms with Crippen molar-refractivity contribution in [3.8, 4) is 0 Å². The Labute approximate surface area is 125 Å². The number of hydrogen-bond donors (Lipinski definition) is 0. The van der Waals surface area contributed by atoms with Crippen molar-refractivity contribution in [1.29, 1.82) is 0 Å². The van der Waals surface area contributed by atoms with Crippen LogP contribution in [0.15, 0.2) is 30.0 Å². The molecule has 0 unspecified atom stereocenters. The van der Waals surface area contributed by atoms with Crippen molar-refractivity contribution in [2.24, 2.45) is 0 Å². The van der Waals surface area contributed by atoms with Crippen LogP contribution in [-0.4, -0.2) is 31.1 Å². The van der Waals surface area contributed by atoms with Crippen LogP contribution < -0.4 is 17.0 Å². The van der Waals surface area contributed by atoms with Crippen LogP contribution in [0.25, 0.3) is 0 Å². The first-order chi connectivity index (χ1) is 5.97. The summed E-state index contributed by atoms with van der Waals surface area (Å²) >= 11 is 5.77. The van der Waals surface area contributed by atoms with Crippen molar-refractivity contribution in [2.75, 3.05) is 0 Å². The average Bonchev–Trinajstić information content (AvgIpc) is 2.02. The van der Waals surface area contributed by atoms with E-state index in [4.69, 9.17) is 11.6 Å². The number of hydrogen-bond acceptors (Lipinski definition) is 0. The predicted octanol–water partition coefficient (Wildman–Crippen LogP) is 0.548. The van der Waals surface area contributed by atoms with Crippen LogP contribution in [0.4, 0.5) is 0 Å². The molecule has 78 valence electrons. The van der Waals surface area contributed by atoms with Crippen molar-refractivity contribution >= 4 is 42.7 Å². The maximum Gasteiger partial charge on any atom is 2.00 e. The van der Waals surface area contributed by atoms with Gasteiger partial charge in [-0.2, -0.15) is 29.5 Å². The molecule has 0 aliphatic rings. The van der Waals surface area contributed by atoms with E-state index in [1.165, 1.54) is 0 Å². The molecule has 0 aromatic heterocycles. The minimum absolute atomic E-state index is 0. The minimum Gasteiger partial charge on any atom is -1.00 e. The molecule has 1 aromatic rings. The van der Waals surface area contributed by atoms with Gasteiger partial charge < -0.3 is 17.0 Å². The summed E-state index contributed by atoms with van der Waals surface area (Å²) in [6, 6.07) is 7.75. The fourth-order valence-corrected chi connectivity index (χ4v) is 1.57. The van der Waals surface area contributed by atoms with Crippen LogP contribution in [0.2, 0.25) is 24.7 Å². The SMILES string of the molecule is C[Si](C)(C)C=[C-]c1ccc(Cl)cc1.[Br-].[Mg+2]. The molecule has 4 heteroatoms. The van der Waals surface area contributed by atoms with E-state index in [0.717, 1.165) is 10.6 Å². The van der Waals surface area contributed by atoms with Gasteiger partial charge in [0.15, 0.2) is 0 Å². The van der Waals surface area contributed by atoms with Gasteiger partial charge in [-0.05, 0) is 0 Å². The molecule has 0 fully saturated rings. The smallest absolute Gasteiger partial charge is 1.00 e. The summed E-state index contributed by atoms with van der Waals surface area (Å²) in [6.07, 6.45) is 3.29. The number of halogens is 2. The van der Waals surface area contributed by atoms with Gasteiger partial charge in [-0.3, -0.25) is 0 Å². The van der Waals surface area contributed by atoms with E-state index in [-0.39, 0.29) is 40.0 Å². The molecule has 15 heavy (non-hydrogen) atoms. The molecule has 0 saturated heterocycles. The number of rotatable bonds is 2. The van der Waals surface area contributed by atoms with Crippen LogP contribution in [0.1, 0.15) is 5.56 Å². The molecule has 0 N–H and O–H groups in total. The van der Waals surface area contributed by atoms with E-state index in [0.29, 0.717) is 0 Å². The summed E-state index contributed by atoms with van der Waals surface area (Å²) in [7, 11) is -1.12. The molecule has 0 spiro atoms. The largest absolute Gasteiger partial charge is 2.00 e. The maximum absolute atomic E-state index is 5.77. The first-order valence-corrected chi connectivity index (χ1v) is 8.29. The summed E-state index contributed by atoms with van der Waals surface area (Å²) in [6.45, 7) is 6.86. The second-order valence-corrected chi connectivity index (χ2v) is 9.62. The van der Waals surface area contributed by atoms with Crippen molar-refractivity contribution in [3.05, 3.63) is 46.6 Å². The molecule has 0 atom stereocenters. The zero-order valence-corrected chi connectivity index (χ0v) is 14.1. The molecule has 0 saturated carbocycles. The summed E-state index contributed by atoms with van der Waals surface area (Å²) in [4.78, 5) is 0. The maximum atomic E-state index is 5.77. The fraction of sp³-hybridized carbons (Fsp3) is 0.273. The Morgan fingerprint density at radius 3 is 2.00 bits per heavy atom. The Balaban J connectivity index is 0. The second kappa shape index (κ2) is 7.90. The Morgan fingerprint density at radius 2 is 1.60 bits per heavy atom. The van der Waals surface area contributed by atoms with E-state index < -0.39 is 8.07 Å². The Hall–Kier alpha value is 0.713. The van der Waals surface area contributed by atoms with Gasteiger partial charge in [0.2, 0.25) is 0 Å². The van der Waals surface area contributed by atoms with Gasteiger partial charge in [-0.15, -0.1) is 0 Å². The third-order valence-electron chi connectivity index (χ3n) is 1.52. The summed E-state index contributed by atoms with van der Waals surface area (Å²) in [5.41, 5.74) is 3.31. The van der Waals surface area contributed by atoms with Gasteiger partial charge in [0, 0.05) is 5.02 Å². The zero-order chi connectivity index (χ0) is 9.90. The fourth-order valence-electron chi connectivity index (χ4n) is 0.846. The first kappa shape index (κ1) is 18.1. The third-order valence-corrected chi connectivity index (χ3v) is 2.78. The van der Waals surface area contributed by atoms with Crippen molar-refractivity contribution in [1.82, 2.24) is 0 Å². The average molecular weight is 314 g/mol. The van der Waals surface area contributed by atoms with Crippen LogP contribution >= 0.6 is 11.6 Å². The molecule has 0 nitrogen and oxygen atoms in total. The predicted molar refractivity (Wildman–Crippen MR) is 67.5 cm³/mol. The molecule has 0 bridgehead atoms. The number of benzene rings is 1. The van der Waals surface area contributed by atoms with Crippen LogP contribution in [0.3, 0.4) is 0 Å². The minimum atomic E-state index is -1.12. The Bertz CT molecular complexity index is 303.